The third kappa shape index (κ3) is 3.48. The topological polar surface area (TPSA) is 41.6 Å². The highest BCUT2D eigenvalue weighted by molar-refractivity contribution is 5.94. The number of anilines is 1. The first-order valence-electron chi connectivity index (χ1n) is 6.15. The van der Waals surface area contributed by atoms with Crippen molar-refractivity contribution < 1.29 is 18.3 Å². The fraction of sp³-hybridized carbons (Fsp3) is 0.462. The van der Waals surface area contributed by atoms with E-state index in [1.165, 1.54) is 0 Å². The van der Waals surface area contributed by atoms with Crippen molar-refractivity contribution in [2.75, 3.05) is 31.6 Å². The molecule has 19 heavy (non-hydrogen) atoms. The molecule has 1 fully saturated rings. The lowest BCUT2D eigenvalue weighted by atomic mass is 10.2. The fourth-order valence-corrected chi connectivity index (χ4v) is 1.96. The second-order valence-corrected chi connectivity index (χ2v) is 4.44. The number of nitrogens with one attached hydrogen (secondary N) is 1. The summed E-state index contributed by atoms with van der Waals surface area (Å²) >= 11 is 0. The molecule has 1 N–H and O–H groups in total. The van der Waals surface area contributed by atoms with Gasteiger partial charge >= 0.3 is 0 Å². The number of nitrogens with zero attached hydrogens (tertiary/aromatic N) is 1. The van der Waals surface area contributed by atoms with Gasteiger partial charge in [0.25, 0.3) is 0 Å². The Labute approximate surface area is 110 Å². The maximum Gasteiger partial charge on any atom is 0.241 e. The molecule has 0 saturated carbocycles. The first kappa shape index (κ1) is 13.9. The molecular formula is C13H16F2N2O2. The number of halogens is 2. The maximum atomic E-state index is 13.4. The van der Waals surface area contributed by atoms with Crippen molar-refractivity contribution in [3.63, 3.8) is 0 Å². The van der Waals surface area contributed by atoms with Crippen LogP contribution in [0.4, 0.5) is 14.5 Å². The minimum absolute atomic E-state index is 0.134. The average molecular weight is 270 g/mol. The molecule has 1 amide bonds. The Bertz CT molecular complexity index is 462. The van der Waals surface area contributed by atoms with Crippen molar-refractivity contribution in [2.24, 2.45) is 0 Å². The van der Waals surface area contributed by atoms with Gasteiger partial charge in [0.1, 0.15) is 11.6 Å². The highest BCUT2D eigenvalue weighted by Crippen LogP contribution is 2.16. The third-order valence-electron chi connectivity index (χ3n) is 3.16. The van der Waals surface area contributed by atoms with E-state index >= 15 is 0 Å². The molecular weight excluding hydrogens is 254 g/mol. The summed E-state index contributed by atoms with van der Waals surface area (Å²) in [4.78, 5) is 13.9. The molecule has 1 saturated heterocycles. The number of carbonyl (C=O) groups excluding carboxylic acids is 1. The SMILES string of the molecule is CC(C(=O)Nc1cc(F)ccc1F)N1CCOCC1. The van der Waals surface area contributed by atoms with Gasteiger partial charge in [-0.25, -0.2) is 8.78 Å². The van der Waals surface area contributed by atoms with Gasteiger partial charge in [0.15, 0.2) is 0 Å². The van der Waals surface area contributed by atoms with Crippen LogP contribution in [0.15, 0.2) is 18.2 Å². The van der Waals surface area contributed by atoms with Gasteiger partial charge in [-0.2, -0.15) is 0 Å². The van der Waals surface area contributed by atoms with E-state index in [4.69, 9.17) is 4.74 Å². The smallest absolute Gasteiger partial charge is 0.241 e. The molecule has 1 aromatic rings. The van der Waals surface area contributed by atoms with E-state index in [-0.39, 0.29) is 11.6 Å². The zero-order chi connectivity index (χ0) is 13.8. The maximum absolute atomic E-state index is 13.4. The van der Waals surface area contributed by atoms with Crippen LogP contribution in [0.2, 0.25) is 0 Å². The van der Waals surface area contributed by atoms with Crippen LogP contribution in [0.25, 0.3) is 0 Å². The van der Waals surface area contributed by atoms with Crippen LogP contribution in [-0.2, 0) is 9.53 Å². The lowest BCUT2D eigenvalue weighted by molar-refractivity contribution is -0.122. The van der Waals surface area contributed by atoms with E-state index in [2.05, 4.69) is 5.32 Å². The monoisotopic (exact) mass is 270 g/mol. The molecule has 1 unspecified atom stereocenters. The Morgan fingerprint density at radius 1 is 1.37 bits per heavy atom. The summed E-state index contributed by atoms with van der Waals surface area (Å²) in [5, 5.41) is 2.41. The molecule has 1 heterocycles. The summed E-state index contributed by atoms with van der Waals surface area (Å²) in [6.45, 7) is 4.19. The summed E-state index contributed by atoms with van der Waals surface area (Å²) in [6.07, 6.45) is 0. The molecule has 1 atom stereocenters. The van der Waals surface area contributed by atoms with E-state index in [9.17, 15) is 13.6 Å². The number of ether oxygens (including phenoxy) is 1. The lowest BCUT2D eigenvalue weighted by Gasteiger charge is -2.31. The number of morpholine rings is 1. The average Bonchev–Trinajstić information content (AvgIpc) is 2.43. The fourth-order valence-electron chi connectivity index (χ4n) is 1.96. The Balaban J connectivity index is 2.01. The number of carbonyl (C=O) groups is 1. The zero-order valence-corrected chi connectivity index (χ0v) is 10.7. The van der Waals surface area contributed by atoms with Gasteiger partial charge in [-0.15, -0.1) is 0 Å². The number of rotatable bonds is 3. The van der Waals surface area contributed by atoms with E-state index in [0.717, 1.165) is 18.2 Å². The predicted molar refractivity (Wildman–Crippen MR) is 66.8 cm³/mol. The predicted octanol–water partition coefficient (Wildman–Crippen LogP) is 1.62. The molecule has 104 valence electrons. The Morgan fingerprint density at radius 3 is 2.74 bits per heavy atom. The van der Waals surface area contributed by atoms with Crippen LogP contribution >= 0.6 is 0 Å². The van der Waals surface area contributed by atoms with Crippen LogP contribution in [0.5, 0.6) is 0 Å². The molecule has 0 spiro atoms. The van der Waals surface area contributed by atoms with Gasteiger partial charge in [0.05, 0.1) is 24.9 Å². The molecule has 1 aliphatic rings. The number of benzene rings is 1. The molecule has 2 rings (SSSR count). The van der Waals surface area contributed by atoms with Crippen molar-refractivity contribution in [2.45, 2.75) is 13.0 Å². The van der Waals surface area contributed by atoms with Crippen molar-refractivity contribution in [1.29, 1.82) is 0 Å². The van der Waals surface area contributed by atoms with Crippen LogP contribution in [-0.4, -0.2) is 43.2 Å². The highest BCUT2D eigenvalue weighted by atomic mass is 19.1. The van der Waals surface area contributed by atoms with E-state index in [1.54, 1.807) is 6.92 Å². The van der Waals surface area contributed by atoms with Gasteiger partial charge in [-0.1, -0.05) is 0 Å². The van der Waals surface area contributed by atoms with Crippen LogP contribution < -0.4 is 5.32 Å². The van der Waals surface area contributed by atoms with Gasteiger partial charge in [-0.05, 0) is 19.1 Å². The van der Waals surface area contributed by atoms with Gasteiger partial charge in [0, 0.05) is 19.2 Å². The summed E-state index contributed by atoms with van der Waals surface area (Å²) in [7, 11) is 0. The molecule has 4 nitrogen and oxygen atoms in total. The van der Waals surface area contributed by atoms with Crippen LogP contribution in [0.1, 0.15) is 6.92 Å². The molecule has 0 aromatic heterocycles. The van der Waals surface area contributed by atoms with Crippen LogP contribution in [0.3, 0.4) is 0 Å². The Kier molecular flexibility index (Phi) is 4.44. The summed E-state index contributed by atoms with van der Waals surface area (Å²) in [5.74, 6) is -1.59. The van der Waals surface area contributed by atoms with Crippen molar-refractivity contribution in [3.05, 3.63) is 29.8 Å². The van der Waals surface area contributed by atoms with Crippen molar-refractivity contribution in [3.8, 4) is 0 Å². The zero-order valence-electron chi connectivity index (χ0n) is 10.7. The Hall–Kier alpha value is -1.53. The van der Waals surface area contributed by atoms with Crippen LogP contribution in [0, 0.1) is 11.6 Å². The van der Waals surface area contributed by atoms with Gasteiger partial charge in [-0.3, -0.25) is 9.69 Å². The molecule has 6 heteroatoms. The normalized spacial score (nSPS) is 18.1. The summed E-state index contributed by atoms with van der Waals surface area (Å²) < 4.78 is 31.6. The first-order valence-corrected chi connectivity index (χ1v) is 6.15. The summed E-state index contributed by atoms with van der Waals surface area (Å²) in [6, 6.07) is 2.56. The molecule has 0 radical (unpaired) electrons. The summed E-state index contributed by atoms with van der Waals surface area (Å²) in [5.41, 5.74) is -0.134. The molecule has 0 aliphatic carbocycles. The number of amides is 1. The molecule has 0 bridgehead atoms. The number of hydrogen-bond acceptors (Lipinski definition) is 3. The minimum Gasteiger partial charge on any atom is -0.379 e. The third-order valence-corrected chi connectivity index (χ3v) is 3.16. The second kappa shape index (κ2) is 6.08. The van der Waals surface area contributed by atoms with Gasteiger partial charge < -0.3 is 10.1 Å². The second-order valence-electron chi connectivity index (χ2n) is 4.44. The van der Waals surface area contributed by atoms with E-state index in [0.29, 0.717) is 26.3 Å². The highest BCUT2D eigenvalue weighted by Gasteiger charge is 2.23. The largest absolute Gasteiger partial charge is 0.379 e. The first-order chi connectivity index (χ1) is 9.08. The number of hydrogen-bond donors (Lipinski definition) is 1. The molecule has 1 aromatic carbocycles. The van der Waals surface area contributed by atoms with Crippen molar-refractivity contribution in [1.82, 2.24) is 4.90 Å². The van der Waals surface area contributed by atoms with Crippen molar-refractivity contribution >= 4 is 11.6 Å². The minimum atomic E-state index is -0.649. The Morgan fingerprint density at radius 2 is 2.05 bits per heavy atom. The quantitative estimate of drug-likeness (QED) is 0.907. The van der Waals surface area contributed by atoms with E-state index in [1.807, 2.05) is 4.90 Å². The lowest BCUT2D eigenvalue weighted by Crippen LogP contribution is -2.47. The van der Waals surface area contributed by atoms with Gasteiger partial charge in [0.2, 0.25) is 5.91 Å². The molecule has 1 aliphatic heterocycles. The van der Waals surface area contributed by atoms with E-state index < -0.39 is 17.7 Å². The standard InChI is InChI=1S/C13H16F2N2O2/c1-9(17-4-6-19-7-5-17)13(18)16-12-8-10(14)2-3-11(12)15/h2-3,8-9H,4-7H2,1H3,(H,16,18).